The zero-order chi connectivity index (χ0) is 22.4. The number of fused-ring (bicyclic) bond motifs is 2. The maximum atomic E-state index is 12.6. The summed E-state index contributed by atoms with van der Waals surface area (Å²) in [6, 6.07) is 12.3. The van der Waals surface area contributed by atoms with Crippen LogP contribution in [-0.2, 0) is 19.4 Å². The van der Waals surface area contributed by atoms with Gasteiger partial charge in [-0.15, -0.1) is 5.10 Å². The molecule has 0 fully saturated rings. The van der Waals surface area contributed by atoms with Gasteiger partial charge in [0.2, 0.25) is 0 Å². The molecule has 1 aliphatic heterocycles. The summed E-state index contributed by atoms with van der Waals surface area (Å²) in [5.74, 6) is 0.841. The first-order valence-corrected chi connectivity index (χ1v) is 11.1. The van der Waals surface area contributed by atoms with Gasteiger partial charge in [-0.05, 0) is 49.9 Å². The molecule has 0 saturated heterocycles. The summed E-state index contributed by atoms with van der Waals surface area (Å²) < 4.78 is 1.44. The summed E-state index contributed by atoms with van der Waals surface area (Å²) in [4.78, 5) is 24.2. The first kappa shape index (κ1) is 20.4. The van der Waals surface area contributed by atoms with Gasteiger partial charge in [-0.25, -0.2) is 4.98 Å². The first-order valence-electron chi connectivity index (χ1n) is 11.1. The highest BCUT2D eigenvalue weighted by atomic mass is 16.1. The Balaban J connectivity index is 1.56. The van der Waals surface area contributed by atoms with Crippen LogP contribution in [0.25, 0.3) is 16.8 Å². The number of aryl methyl sites for hydroxylation is 3. The molecule has 1 aliphatic rings. The van der Waals surface area contributed by atoms with E-state index in [0.717, 1.165) is 54.1 Å². The average Bonchev–Trinajstić information content (AvgIpc) is 2.81. The van der Waals surface area contributed by atoms with Crippen molar-refractivity contribution in [3.05, 3.63) is 86.6 Å². The fourth-order valence-electron chi connectivity index (χ4n) is 4.60. The minimum Gasteiger partial charge on any atom is -0.350 e. The molecule has 32 heavy (non-hydrogen) atoms. The number of pyridine rings is 1. The number of hydrogen-bond acceptors (Lipinski definition) is 5. The van der Waals surface area contributed by atoms with Gasteiger partial charge < -0.3 is 4.90 Å². The van der Waals surface area contributed by atoms with Crippen molar-refractivity contribution in [1.82, 2.24) is 19.6 Å². The van der Waals surface area contributed by atoms with Crippen molar-refractivity contribution >= 4 is 11.5 Å². The van der Waals surface area contributed by atoms with Gasteiger partial charge in [0, 0.05) is 59.9 Å². The van der Waals surface area contributed by atoms with Crippen LogP contribution >= 0.6 is 0 Å². The standard InChI is InChI=1S/C26H27N5O/c1-5-19-8-6-7-9-22(19)20-13-21-15-30(11-10-23(21)27-14-20)26-18(4)17(3)25-28-16(2)12-24(32)31(25)29-26/h6-9,12-14H,5,10-11,15H2,1-4H3. The third kappa shape index (κ3) is 3.36. The van der Waals surface area contributed by atoms with Crippen molar-refractivity contribution in [2.75, 3.05) is 11.4 Å². The SMILES string of the molecule is CCc1ccccc1-c1cnc2c(c1)CN(c1nn3c(=O)cc(C)nc3c(C)c1C)CC2. The highest BCUT2D eigenvalue weighted by Gasteiger charge is 2.23. The molecule has 3 aromatic heterocycles. The number of anilines is 1. The highest BCUT2D eigenvalue weighted by Crippen LogP contribution is 2.30. The van der Waals surface area contributed by atoms with E-state index in [1.54, 1.807) is 0 Å². The molecule has 1 aromatic carbocycles. The maximum absolute atomic E-state index is 12.6. The number of nitrogens with zero attached hydrogens (tertiary/aromatic N) is 5. The smallest absolute Gasteiger partial charge is 0.274 e. The average molecular weight is 426 g/mol. The van der Waals surface area contributed by atoms with Gasteiger partial charge in [0.1, 0.15) is 0 Å². The summed E-state index contributed by atoms with van der Waals surface area (Å²) in [5.41, 5.74) is 9.33. The molecule has 0 radical (unpaired) electrons. The molecule has 0 unspecified atom stereocenters. The van der Waals surface area contributed by atoms with E-state index in [1.165, 1.54) is 27.3 Å². The lowest BCUT2D eigenvalue weighted by atomic mass is 9.96. The van der Waals surface area contributed by atoms with Gasteiger partial charge in [0.05, 0.1) is 0 Å². The van der Waals surface area contributed by atoms with E-state index in [-0.39, 0.29) is 5.56 Å². The zero-order valence-electron chi connectivity index (χ0n) is 19.0. The van der Waals surface area contributed by atoms with Gasteiger partial charge in [0.15, 0.2) is 11.5 Å². The molecule has 6 nitrogen and oxygen atoms in total. The van der Waals surface area contributed by atoms with Crippen LogP contribution in [0.4, 0.5) is 5.82 Å². The lowest BCUT2D eigenvalue weighted by molar-refractivity contribution is 0.684. The van der Waals surface area contributed by atoms with Crippen molar-refractivity contribution in [3.8, 4) is 11.1 Å². The van der Waals surface area contributed by atoms with E-state index in [2.05, 4.69) is 54.1 Å². The van der Waals surface area contributed by atoms with Crippen LogP contribution in [0.2, 0.25) is 0 Å². The fraction of sp³-hybridized carbons (Fsp3) is 0.308. The number of benzene rings is 1. The Labute approximate surface area is 187 Å². The highest BCUT2D eigenvalue weighted by molar-refractivity contribution is 5.68. The molecule has 0 saturated carbocycles. The molecular formula is C26H27N5O. The van der Waals surface area contributed by atoms with Crippen molar-refractivity contribution in [3.63, 3.8) is 0 Å². The van der Waals surface area contributed by atoms with Crippen molar-refractivity contribution < 1.29 is 0 Å². The Morgan fingerprint density at radius 1 is 1.06 bits per heavy atom. The van der Waals surface area contributed by atoms with Crippen LogP contribution in [0.5, 0.6) is 0 Å². The molecule has 4 heterocycles. The second kappa shape index (κ2) is 7.86. The molecule has 0 aliphatic carbocycles. The lowest BCUT2D eigenvalue weighted by Gasteiger charge is -2.31. The summed E-state index contributed by atoms with van der Waals surface area (Å²) in [6.45, 7) is 9.64. The van der Waals surface area contributed by atoms with Crippen LogP contribution in [0, 0.1) is 20.8 Å². The molecule has 0 amide bonds. The van der Waals surface area contributed by atoms with E-state index in [0.29, 0.717) is 11.3 Å². The van der Waals surface area contributed by atoms with Gasteiger partial charge >= 0.3 is 0 Å². The van der Waals surface area contributed by atoms with Crippen molar-refractivity contribution in [2.45, 2.75) is 47.1 Å². The lowest BCUT2D eigenvalue weighted by Crippen LogP contribution is -2.34. The molecule has 0 bridgehead atoms. The van der Waals surface area contributed by atoms with E-state index in [9.17, 15) is 4.79 Å². The van der Waals surface area contributed by atoms with Crippen LogP contribution in [0.15, 0.2) is 47.4 Å². The van der Waals surface area contributed by atoms with E-state index < -0.39 is 0 Å². The molecule has 6 heteroatoms. The third-order valence-corrected chi connectivity index (χ3v) is 6.50. The predicted octanol–water partition coefficient (Wildman–Crippen LogP) is 4.20. The summed E-state index contributed by atoms with van der Waals surface area (Å²) in [7, 11) is 0. The van der Waals surface area contributed by atoms with E-state index in [1.807, 2.05) is 20.0 Å². The monoisotopic (exact) mass is 425 g/mol. The van der Waals surface area contributed by atoms with Crippen LogP contribution in [0.3, 0.4) is 0 Å². The molecule has 5 rings (SSSR count). The normalized spacial score (nSPS) is 13.4. The summed E-state index contributed by atoms with van der Waals surface area (Å²) in [6.07, 6.45) is 3.84. The van der Waals surface area contributed by atoms with Crippen molar-refractivity contribution in [1.29, 1.82) is 0 Å². The zero-order valence-corrected chi connectivity index (χ0v) is 19.0. The third-order valence-electron chi connectivity index (χ3n) is 6.50. The quantitative estimate of drug-likeness (QED) is 0.492. The Hall–Kier alpha value is -3.54. The number of aromatic nitrogens is 4. The Bertz CT molecular complexity index is 1410. The van der Waals surface area contributed by atoms with Crippen LogP contribution < -0.4 is 10.5 Å². The second-order valence-electron chi connectivity index (χ2n) is 8.56. The molecule has 0 spiro atoms. The minimum atomic E-state index is -0.144. The van der Waals surface area contributed by atoms with Crippen molar-refractivity contribution in [2.24, 2.45) is 0 Å². The van der Waals surface area contributed by atoms with Gasteiger partial charge in [-0.3, -0.25) is 9.78 Å². The second-order valence-corrected chi connectivity index (χ2v) is 8.56. The van der Waals surface area contributed by atoms with E-state index >= 15 is 0 Å². The Kier molecular flexibility index (Phi) is 5.00. The molecule has 4 aromatic rings. The van der Waals surface area contributed by atoms with Gasteiger partial charge in [-0.1, -0.05) is 31.2 Å². The van der Waals surface area contributed by atoms with E-state index in [4.69, 9.17) is 10.1 Å². The molecular weight excluding hydrogens is 398 g/mol. The van der Waals surface area contributed by atoms with Gasteiger partial charge in [-0.2, -0.15) is 4.52 Å². The Morgan fingerprint density at radius 3 is 2.69 bits per heavy atom. The predicted molar refractivity (Wildman–Crippen MR) is 127 cm³/mol. The number of hydrogen-bond donors (Lipinski definition) is 0. The molecule has 162 valence electrons. The molecule has 0 atom stereocenters. The first-order chi connectivity index (χ1) is 15.5. The summed E-state index contributed by atoms with van der Waals surface area (Å²) in [5, 5.41) is 4.73. The maximum Gasteiger partial charge on any atom is 0.274 e. The topological polar surface area (TPSA) is 63.4 Å². The summed E-state index contributed by atoms with van der Waals surface area (Å²) >= 11 is 0. The van der Waals surface area contributed by atoms with Gasteiger partial charge in [0.25, 0.3) is 5.56 Å². The Morgan fingerprint density at radius 2 is 1.88 bits per heavy atom. The fourth-order valence-corrected chi connectivity index (χ4v) is 4.60. The number of rotatable bonds is 3. The minimum absolute atomic E-state index is 0.144. The molecule has 0 N–H and O–H groups in total. The van der Waals surface area contributed by atoms with Crippen LogP contribution in [-0.4, -0.2) is 26.1 Å². The van der Waals surface area contributed by atoms with Crippen LogP contribution in [0.1, 0.15) is 40.6 Å². The largest absolute Gasteiger partial charge is 0.350 e.